The molecule has 0 spiro atoms. The Bertz CT molecular complexity index is 385. The summed E-state index contributed by atoms with van der Waals surface area (Å²) in [7, 11) is 0. The van der Waals surface area contributed by atoms with Crippen molar-refractivity contribution in [1.82, 2.24) is 0 Å². The SMILES string of the molecule is CCS/C(=N\Nc1ccc(C)cc1)C(C)=O. The molecular weight excluding hydrogens is 220 g/mol. The fourth-order valence-corrected chi connectivity index (χ4v) is 1.68. The Morgan fingerprint density at radius 3 is 2.50 bits per heavy atom. The van der Waals surface area contributed by atoms with Crippen molar-refractivity contribution in [2.24, 2.45) is 5.10 Å². The van der Waals surface area contributed by atoms with E-state index in [1.54, 1.807) is 0 Å². The summed E-state index contributed by atoms with van der Waals surface area (Å²) in [5.74, 6) is 0.833. The second kappa shape index (κ2) is 6.33. The summed E-state index contributed by atoms with van der Waals surface area (Å²) in [6.07, 6.45) is 0. The Labute approximate surface area is 100 Å². The molecule has 4 heteroatoms. The average molecular weight is 236 g/mol. The lowest BCUT2D eigenvalue weighted by Gasteiger charge is -2.03. The molecular formula is C12H16N2OS. The van der Waals surface area contributed by atoms with E-state index in [9.17, 15) is 4.79 Å². The number of rotatable bonds is 4. The van der Waals surface area contributed by atoms with E-state index >= 15 is 0 Å². The lowest BCUT2D eigenvalue weighted by atomic mass is 10.2. The summed E-state index contributed by atoms with van der Waals surface area (Å²) >= 11 is 1.44. The van der Waals surface area contributed by atoms with Crippen LogP contribution in [-0.2, 0) is 4.79 Å². The van der Waals surface area contributed by atoms with Crippen molar-refractivity contribution in [3.8, 4) is 0 Å². The smallest absolute Gasteiger partial charge is 0.186 e. The number of anilines is 1. The van der Waals surface area contributed by atoms with Crippen LogP contribution in [0.5, 0.6) is 0 Å². The summed E-state index contributed by atoms with van der Waals surface area (Å²) in [5.41, 5.74) is 4.97. The van der Waals surface area contributed by atoms with Crippen LogP contribution in [0.3, 0.4) is 0 Å². The molecule has 0 aliphatic rings. The van der Waals surface area contributed by atoms with Crippen LogP contribution in [0.15, 0.2) is 29.4 Å². The molecule has 0 aliphatic heterocycles. The molecule has 0 unspecified atom stereocenters. The molecule has 0 radical (unpaired) electrons. The van der Waals surface area contributed by atoms with Gasteiger partial charge in [-0.15, -0.1) is 11.8 Å². The van der Waals surface area contributed by atoms with Gasteiger partial charge < -0.3 is 0 Å². The first kappa shape index (κ1) is 12.8. The van der Waals surface area contributed by atoms with Crippen LogP contribution in [0.1, 0.15) is 19.4 Å². The predicted octanol–water partition coefficient (Wildman–Crippen LogP) is 3.06. The van der Waals surface area contributed by atoms with Crippen molar-refractivity contribution in [3.05, 3.63) is 29.8 Å². The number of thioether (sulfide) groups is 1. The Morgan fingerprint density at radius 2 is 2.00 bits per heavy atom. The molecule has 0 amide bonds. The maximum absolute atomic E-state index is 11.2. The minimum Gasteiger partial charge on any atom is -0.292 e. The zero-order valence-corrected chi connectivity index (χ0v) is 10.6. The van der Waals surface area contributed by atoms with E-state index < -0.39 is 0 Å². The van der Waals surface area contributed by atoms with Gasteiger partial charge in [-0.3, -0.25) is 10.2 Å². The van der Waals surface area contributed by atoms with E-state index in [0.29, 0.717) is 5.04 Å². The van der Waals surface area contributed by atoms with Gasteiger partial charge >= 0.3 is 0 Å². The van der Waals surface area contributed by atoms with Gasteiger partial charge in [0.25, 0.3) is 0 Å². The van der Waals surface area contributed by atoms with Gasteiger partial charge in [0.15, 0.2) is 10.8 Å². The zero-order valence-electron chi connectivity index (χ0n) is 9.78. The third-order valence-corrected chi connectivity index (χ3v) is 2.86. The highest BCUT2D eigenvalue weighted by atomic mass is 32.2. The third kappa shape index (κ3) is 4.06. The van der Waals surface area contributed by atoms with Crippen molar-refractivity contribution in [2.75, 3.05) is 11.2 Å². The standard InChI is InChI=1S/C12H16N2OS/c1-4-16-12(10(3)15)14-13-11-7-5-9(2)6-8-11/h5-8,13H,4H2,1-3H3/b14-12-. The number of aryl methyl sites for hydroxylation is 1. The topological polar surface area (TPSA) is 41.5 Å². The van der Waals surface area contributed by atoms with Crippen molar-refractivity contribution in [1.29, 1.82) is 0 Å². The van der Waals surface area contributed by atoms with Crippen molar-refractivity contribution >= 4 is 28.3 Å². The first-order valence-corrected chi connectivity index (χ1v) is 6.16. The van der Waals surface area contributed by atoms with E-state index in [1.165, 1.54) is 24.2 Å². The predicted molar refractivity (Wildman–Crippen MR) is 71.0 cm³/mol. The van der Waals surface area contributed by atoms with Crippen LogP contribution in [0.4, 0.5) is 5.69 Å². The van der Waals surface area contributed by atoms with Gasteiger partial charge in [0.05, 0.1) is 5.69 Å². The molecule has 0 fully saturated rings. The number of ketones is 1. The zero-order chi connectivity index (χ0) is 12.0. The average Bonchev–Trinajstić information content (AvgIpc) is 2.26. The van der Waals surface area contributed by atoms with Crippen LogP contribution < -0.4 is 5.43 Å². The minimum absolute atomic E-state index is 0.00791. The van der Waals surface area contributed by atoms with Crippen LogP contribution in [0.2, 0.25) is 0 Å². The highest BCUT2D eigenvalue weighted by Crippen LogP contribution is 2.10. The van der Waals surface area contributed by atoms with Crippen LogP contribution in [0, 0.1) is 6.92 Å². The molecule has 0 heterocycles. The molecule has 1 N–H and O–H groups in total. The molecule has 0 atom stereocenters. The van der Waals surface area contributed by atoms with Crippen molar-refractivity contribution in [3.63, 3.8) is 0 Å². The lowest BCUT2D eigenvalue weighted by molar-refractivity contribution is -0.110. The van der Waals surface area contributed by atoms with E-state index in [-0.39, 0.29) is 5.78 Å². The van der Waals surface area contributed by atoms with Crippen LogP contribution in [0.25, 0.3) is 0 Å². The fourth-order valence-electron chi connectivity index (χ4n) is 1.09. The highest BCUT2D eigenvalue weighted by molar-refractivity contribution is 8.15. The largest absolute Gasteiger partial charge is 0.292 e. The molecule has 3 nitrogen and oxygen atoms in total. The summed E-state index contributed by atoms with van der Waals surface area (Å²) in [4.78, 5) is 11.2. The minimum atomic E-state index is -0.00791. The highest BCUT2D eigenvalue weighted by Gasteiger charge is 2.04. The quantitative estimate of drug-likeness (QED) is 0.496. The molecule has 0 bridgehead atoms. The lowest BCUT2D eigenvalue weighted by Crippen LogP contribution is -2.08. The molecule has 16 heavy (non-hydrogen) atoms. The number of hydrazone groups is 1. The number of nitrogens with zero attached hydrogens (tertiary/aromatic N) is 1. The van der Waals surface area contributed by atoms with Crippen LogP contribution >= 0.6 is 11.8 Å². The Balaban J connectivity index is 2.69. The summed E-state index contributed by atoms with van der Waals surface area (Å²) in [6, 6.07) is 7.87. The summed E-state index contributed by atoms with van der Waals surface area (Å²) < 4.78 is 0. The normalized spacial score (nSPS) is 11.3. The monoisotopic (exact) mass is 236 g/mol. The van der Waals surface area contributed by atoms with E-state index in [0.717, 1.165) is 11.4 Å². The Kier molecular flexibility index (Phi) is 5.05. The number of hydrogen-bond donors (Lipinski definition) is 1. The molecule has 1 aromatic carbocycles. The summed E-state index contributed by atoms with van der Waals surface area (Å²) in [5, 5.41) is 4.61. The van der Waals surface area contributed by atoms with Crippen molar-refractivity contribution < 1.29 is 4.79 Å². The molecule has 0 saturated heterocycles. The number of hydrogen-bond acceptors (Lipinski definition) is 4. The molecule has 0 aromatic heterocycles. The number of Topliss-reactive ketones (excluding diaryl/α,β-unsaturated/α-hetero) is 1. The molecule has 0 saturated carbocycles. The van der Waals surface area contributed by atoms with Gasteiger partial charge in [-0.2, -0.15) is 5.10 Å². The first-order chi connectivity index (χ1) is 7.63. The van der Waals surface area contributed by atoms with E-state index in [4.69, 9.17) is 0 Å². The third-order valence-electron chi connectivity index (χ3n) is 1.92. The first-order valence-electron chi connectivity index (χ1n) is 5.17. The number of nitrogens with one attached hydrogen (secondary N) is 1. The number of benzene rings is 1. The van der Waals surface area contributed by atoms with Gasteiger partial charge in [0.2, 0.25) is 0 Å². The van der Waals surface area contributed by atoms with Gasteiger partial charge in [-0.1, -0.05) is 24.6 Å². The number of carbonyl (C=O) groups excluding carboxylic acids is 1. The van der Waals surface area contributed by atoms with Gasteiger partial charge in [-0.05, 0) is 24.8 Å². The van der Waals surface area contributed by atoms with Gasteiger partial charge in [-0.25, -0.2) is 0 Å². The summed E-state index contributed by atoms with van der Waals surface area (Å²) in [6.45, 7) is 5.55. The maximum Gasteiger partial charge on any atom is 0.186 e. The molecule has 0 aliphatic carbocycles. The maximum atomic E-state index is 11.2. The van der Waals surface area contributed by atoms with Gasteiger partial charge in [0.1, 0.15) is 0 Å². The van der Waals surface area contributed by atoms with E-state index in [2.05, 4.69) is 10.5 Å². The number of carbonyl (C=O) groups is 1. The molecule has 1 aromatic rings. The van der Waals surface area contributed by atoms with Crippen LogP contribution in [-0.4, -0.2) is 16.6 Å². The second-order valence-corrected chi connectivity index (χ2v) is 4.64. The molecule has 86 valence electrons. The second-order valence-electron chi connectivity index (χ2n) is 3.38. The van der Waals surface area contributed by atoms with E-state index in [1.807, 2.05) is 38.1 Å². The molecule has 1 rings (SSSR count). The Morgan fingerprint density at radius 1 is 1.38 bits per heavy atom. The fraction of sp³-hybridized carbons (Fsp3) is 0.333. The van der Waals surface area contributed by atoms with Crippen molar-refractivity contribution in [2.45, 2.75) is 20.8 Å². The van der Waals surface area contributed by atoms with Gasteiger partial charge in [0, 0.05) is 6.92 Å². The Hall–Kier alpha value is -1.29.